The zero-order valence-corrected chi connectivity index (χ0v) is 11.2. The molecule has 1 amide bonds. The molecule has 2 N–H and O–H groups in total. The first-order chi connectivity index (χ1) is 9.11. The predicted octanol–water partition coefficient (Wildman–Crippen LogP) is 2.42. The number of aliphatic hydroxyl groups excluding tert-OH is 1. The van der Waals surface area contributed by atoms with Crippen molar-refractivity contribution in [1.29, 1.82) is 0 Å². The summed E-state index contributed by atoms with van der Waals surface area (Å²) in [4.78, 5) is 12.1. The monoisotopic (exact) mass is 261 g/mol. The van der Waals surface area contributed by atoms with Crippen molar-refractivity contribution in [3.8, 4) is 0 Å². The van der Waals surface area contributed by atoms with Crippen molar-refractivity contribution in [1.82, 2.24) is 5.32 Å². The second-order valence-corrected chi connectivity index (χ2v) is 4.83. The Morgan fingerprint density at radius 2 is 2.11 bits per heavy atom. The number of rotatable bonds is 5. The molecule has 0 radical (unpaired) electrons. The first kappa shape index (κ1) is 13.6. The highest BCUT2D eigenvalue weighted by atomic mass is 16.3. The molecule has 1 heterocycles. The fourth-order valence-electron chi connectivity index (χ4n) is 1.98. The van der Waals surface area contributed by atoms with E-state index >= 15 is 0 Å². The van der Waals surface area contributed by atoms with Crippen molar-refractivity contribution in [3.63, 3.8) is 0 Å². The van der Waals surface area contributed by atoms with Crippen molar-refractivity contribution in [2.75, 3.05) is 6.61 Å². The molecule has 102 valence electrons. The maximum Gasteiger partial charge on any atom is 0.230 e. The molecular weight excluding hydrogens is 242 g/mol. The Morgan fingerprint density at radius 3 is 2.79 bits per heavy atom. The number of benzene rings is 1. The van der Waals surface area contributed by atoms with Crippen LogP contribution in [0.4, 0.5) is 0 Å². The van der Waals surface area contributed by atoms with Crippen LogP contribution in [0.2, 0.25) is 0 Å². The molecule has 0 fully saturated rings. The van der Waals surface area contributed by atoms with Crippen LogP contribution < -0.4 is 5.32 Å². The molecule has 0 saturated heterocycles. The molecule has 1 aromatic heterocycles. The fraction of sp³-hybridized carbons (Fsp3) is 0.400. The standard InChI is InChI=1S/C15H19NO3/c1-10(7-8-17)16-15(18)11(2)14-9-12-5-3-4-6-13(12)19-14/h3-6,9-11,17H,7-8H2,1-2H3,(H,16,18). The first-order valence-corrected chi connectivity index (χ1v) is 6.51. The van der Waals surface area contributed by atoms with Crippen molar-refractivity contribution >= 4 is 16.9 Å². The smallest absolute Gasteiger partial charge is 0.230 e. The van der Waals surface area contributed by atoms with Gasteiger partial charge in [-0.3, -0.25) is 4.79 Å². The van der Waals surface area contributed by atoms with Crippen LogP contribution in [0.15, 0.2) is 34.7 Å². The van der Waals surface area contributed by atoms with Gasteiger partial charge in [-0.05, 0) is 32.4 Å². The average molecular weight is 261 g/mol. The lowest BCUT2D eigenvalue weighted by Gasteiger charge is -2.15. The van der Waals surface area contributed by atoms with E-state index < -0.39 is 0 Å². The molecule has 0 aliphatic rings. The van der Waals surface area contributed by atoms with Crippen LogP contribution in [-0.2, 0) is 4.79 Å². The Morgan fingerprint density at radius 1 is 1.37 bits per heavy atom. The molecule has 2 aromatic rings. The number of carbonyl (C=O) groups is 1. The molecular formula is C15H19NO3. The minimum absolute atomic E-state index is 0.0377. The molecule has 4 heteroatoms. The number of hydrogen-bond donors (Lipinski definition) is 2. The van der Waals surface area contributed by atoms with Gasteiger partial charge in [0.15, 0.2) is 0 Å². The maximum absolute atomic E-state index is 12.1. The molecule has 0 aliphatic carbocycles. The van der Waals surface area contributed by atoms with Gasteiger partial charge in [-0.25, -0.2) is 0 Å². The van der Waals surface area contributed by atoms with Gasteiger partial charge in [0.05, 0.1) is 5.92 Å². The van der Waals surface area contributed by atoms with Gasteiger partial charge in [-0.2, -0.15) is 0 Å². The predicted molar refractivity (Wildman–Crippen MR) is 73.9 cm³/mol. The van der Waals surface area contributed by atoms with E-state index in [1.54, 1.807) is 0 Å². The second kappa shape index (κ2) is 5.89. The number of amides is 1. The topological polar surface area (TPSA) is 62.5 Å². The molecule has 0 bridgehead atoms. The normalized spacial score (nSPS) is 14.3. The van der Waals surface area contributed by atoms with Gasteiger partial charge < -0.3 is 14.8 Å². The van der Waals surface area contributed by atoms with Crippen LogP contribution in [0.3, 0.4) is 0 Å². The molecule has 4 nitrogen and oxygen atoms in total. The Kier molecular flexibility index (Phi) is 4.22. The van der Waals surface area contributed by atoms with Gasteiger partial charge in [0.1, 0.15) is 11.3 Å². The van der Waals surface area contributed by atoms with Crippen molar-refractivity contribution in [2.45, 2.75) is 32.2 Å². The summed E-state index contributed by atoms with van der Waals surface area (Å²) in [7, 11) is 0. The molecule has 0 saturated carbocycles. The van der Waals surface area contributed by atoms with Gasteiger partial charge in [-0.15, -0.1) is 0 Å². The van der Waals surface area contributed by atoms with Crippen molar-refractivity contribution < 1.29 is 14.3 Å². The quantitative estimate of drug-likeness (QED) is 0.869. The molecule has 19 heavy (non-hydrogen) atoms. The van der Waals surface area contributed by atoms with Gasteiger partial charge in [-0.1, -0.05) is 18.2 Å². The van der Waals surface area contributed by atoms with Crippen LogP contribution in [0.25, 0.3) is 11.0 Å². The van der Waals surface area contributed by atoms with Crippen molar-refractivity contribution in [3.05, 3.63) is 36.1 Å². The SMILES string of the molecule is CC(CCO)NC(=O)C(C)c1cc2ccccc2o1. The summed E-state index contributed by atoms with van der Waals surface area (Å²) in [6.07, 6.45) is 0.554. The van der Waals surface area contributed by atoms with Crippen LogP contribution in [-0.4, -0.2) is 23.7 Å². The van der Waals surface area contributed by atoms with Crippen LogP contribution in [0, 0.1) is 0 Å². The zero-order valence-electron chi connectivity index (χ0n) is 11.2. The Bertz CT molecular complexity index is 528. The van der Waals surface area contributed by atoms with E-state index in [0.29, 0.717) is 12.2 Å². The fourth-order valence-corrected chi connectivity index (χ4v) is 1.98. The lowest BCUT2D eigenvalue weighted by molar-refractivity contribution is -0.123. The summed E-state index contributed by atoms with van der Waals surface area (Å²) in [5, 5.41) is 12.7. The molecule has 2 atom stereocenters. The Labute approximate surface area is 112 Å². The van der Waals surface area contributed by atoms with E-state index in [1.165, 1.54) is 0 Å². The summed E-state index contributed by atoms with van der Waals surface area (Å²) in [5.74, 6) is 0.239. The van der Waals surface area contributed by atoms with E-state index in [4.69, 9.17) is 9.52 Å². The van der Waals surface area contributed by atoms with Gasteiger partial charge in [0.25, 0.3) is 0 Å². The third-order valence-corrected chi connectivity index (χ3v) is 3.22. The molecule has 2 unspecified atom stereocenters. The van der Waals surface area contributed by atoms with Gasteiger partial charge in [0.2, 0.25) is 5.91 Å². The molecule has 0 spiro atoms. The van der Waals surface area contributed by atoms with Gasteiger partial charge >= 0.3 is 0 Å². The minimum Gasteiger partial charge on any atom is -0.460 e. The number of para-hydroxylation sites is 1. The summed E-state index contributed by atoms with van der Waals surface area (Å²) in [6.45, 7) is 3.76. The number of fused-ring (bicyclic) bond motifs is 1. The van der Waals surface area contributed by atoms with Crippen LogP contribution >= 0.6 is 0 Å². The average Bonchev–Trinajstić information content (AvgIpc) is 2.81. The molecule has 2 rings (SSSR count). The second-order valence-electron chi connectivity index (χ2n) is 4.83. The lowest BCUT2D eigenvalue weighted by atomic mass is 10.1. The summed E-state index contributed by atoms with van der Waals surface area (Å²) < 4.78 is 5.68. The summed E-state index contributed by atoms with van der Waals surface area (Å²) >= 11 is 0. The lowest BCUT2D eigenvalue weighted by Crippen LogP contribution is -2.35. The largest absolute Gasteiger partial charge is 0.460 e. The highest BCUT2D eigenvalue weighted by molar-refractivity contribution is 5.85. The minimum atomic E-state index is -0.339. The molecule has 1 aromatic carbocycles. The zero-order chi connectivity index (χ0) is 13.8. The summed E-state index contributed by atoms with van der Waals surface area (Å²) in [6, 6.07) is 9.55. The number of carbonyl (C=O) groups excluding carboxylic acids is 1. The number of nitrogens with one attached hydrogen (secondary N) is 1. The number of aliphatic hydroxyl groups is 1. The van der Waals surface area contributed by atoms with Crippen LogP contribution in [0.1, 0.15) is 31.9 Å². The maximum atomic E-state index is 12.1. The Balaban J connectivity index is 2.10. The van der Waals surface area contributed by atoms with E-state index in [-0.39, 0.29) is 24.5 Å². The highest BCUT2D eigenvalue weighted by Crippen LogP contribution is 2.25. The molecule has 0 aliphatic heterocycles. The number of hydrogen-bond acceptors (Lipinski definition) is 3. The van der Waals surface area contributed by atoms with E-state index in [1.807, 2.05) is 44.2 Å². The Hall–Kier alpha value is -1.81. The number of furan rings is 1. The summed E-state index contributed by atoms with van der Waals surface area (Å²) in [5.41, 5.74) is 0.792. The first-order valence-electron chi connectivity index (χ1n) is 6.51. The van der Waals surface area contributed by atoms with Gasteiger partial charge in [0, 0.05) is 18.0 Å². The van der Waals surface area contributed by atoms with Crippen LogP contribution in [0.5, 0.6) is 0 Å². The third-order valence-electron chi connectivity index (χ3n) is 3.22. The third kappa shape index (κ3) is 3.15. The highest BCUT2D eigenvalue weighted by Gasteiger charge is 2.20. The van der Waals surface area contributed by atoms with E-state index in [0.717, 1.165) is 11.0 Å². The van der Waals surface area contributed by atoms with E-state index in [2.05, 4.69) is 5.32 Å². The van der Waals surface area contributed by atoms with Crippen molar-refractivity contribution in [2.24, 2.45) is 0 Å². The van der Waals surface area contributed by atoms with E-state index in [9.17, 15) is 4.79 Å².